The molecule has 0 N–H and O–H groups in total. The molecule has 0 aliphatic heterocycles. The molecule has 0 spiro atoms. The number of rotatable bonds is 6. The van der Waals surface area contributed by atoms with Crippen molar-refractivity contribution in [3.8, 4) is 27.9 Å². The van der Waals surface area contributed by atoms with Crippen molar-refractivity contribution in [3.63, 3.8) is 0 Å². The van der Waals surface area contributed by atoms with Crippen molar-refractivity contribution in [2.24, 2.45) is 0 Å². The van der Waals surface area contributed by atoms with Crippen LogP contribution in [-0.2, 0) is 0 Å². The summed E-state index contributed by atoms with van der Waals surface area (Å²) in [6, 6.07) is 69.2. The molecule has 10 aromatic rings. The summed E-state index contributed by atoms with van der Waals surface area (Å²) in [6.45, 7) is 0. The zero-order valence-corrected chi connectivity index (χ0v) is 27.8. The van der Waals surface area contributed by atoms with Crippen molar-refractivity contribution in [1.82, 2.24) is 4.57 Å². The maximum absolute atomic E-state index is 6.31. The van der Waals surface area contributed by atoms with E-state index in [0.29, 0.717) is 0 Å². The summed E-state index contributed by atoms with van der Waals surface area (Å²) in [7, 11) is 0. The van der Waals surface area contributed by atoms with Gasteiger partial charge in [0.25, 0.3) is 0 Å². The van der Waals surface area contributed by atoms with Crippen LogP contribution in [0, 0.1) is 0 Å². The topological polar surface area (TPSA) is 21.3 Å². The van der Waals surface area contributed by atoms with Crippen molar-refractivity contribution in [1.29, 1.82) is 0 Å². The van der Waals surface area contributed by atoms with Crippen LogP contribution < -0.4 is 4.90 Å². The van der Waals surface area contributed by atoms with E-state index >= 15 is 0 Å². The smallest absolute Gasteiger partial charge is 0.137 e. The lowest BCUT2D eigenvalue weighted by Gasteiger charge is -2.26. The molecule has 0 aliphatic carbocycles. The Kier molecular flexibility index (Phi) is 6.81. The molecule has 3 nitrogen and oxygen atoms in total. The number of benzene rings is 8. The van der Waals surface area contributed by atoms with Gasteiger partial charge in [0.15, 0.2) is 0 Å². The first-order valence-corrected chi connectivity index (χ1v) is 17.3. The summed E-state index contributed by atoms with van der Waals surface area (Å²) in [5, 5.41) is 4.77. The Morgan fingerprint density at radius 2 is 0.902 bits per heavy atom. The fourth-order valence-electron chi connectivity index (χ4n) is 7.59. The number of hydrogen-bond donors (Lipinski definition) is 0. The first-order chi connectivity index (χ1) is 25.3. The van der Waals surface area contributed by atoms with E-state index in [0.717, 1.165) is 50.3 Å². The molecule has 240 valence electrons. The Labute approximate surface area is 295 Å². The van der Waals surface area contributed by atoms with Gasteiger partial charge in [-0.1, -0.05) is 115 Å². The van der Waals surface area contributed by atoms with Crippen LogP contribution in [0.4, 0.5) is 17.1 Å². The fraction of sp³-hybridized carbons (Fsp3) is 0. The first kappa shape index (κ1) is 29.1. The van der Waals surface area contributed by atoms with Crippen molar-refractivity contribution in [2.75, 3.05) is 4.90 Å². The molecule has 10 rings (SSSR count). The maximum atomic E-state index is 6.31. The Bertz CT molecular complexity index is 2860. The van der Waals surface area contributed by atoms with Gasteiger partial charge < -0.3 is 13.9 Å². The van der Waals surface area contributed by atoms with E-state index in [1.54, 1.807) is 0 Å². The number of nitrogens with zero attached hydrogens (tertiary/aromatic N) is 2. The molecule has 0 bridgehead atoms. The SMILES string of the molecule is c1ccc(N(c2cccc(-c3cccc(-c4ccc5c6ccccc6n(-c6ccccc6)c5c4)c3)c2)c2ccc3c(c2)oc2ccccc23)cc1. The van der Waals surface area contributed by atoms with Gasteiger partial charge in [0.1, 0.15) is 11.2 Å². The molecular formula is C48H32N2O. The summed E-state index contributed by atoms with van der Waals surface area (Å²) in [4.78, 5) is 2.30. The van der Waals surface area contributed by atoms with Gasteiger partial charge in [-0.05, 0) is 95.1 Å². The molecule has 3 heteroatoms. The van der Waals surface area contributed by atoms with Crippen molar-refractivity contribution >= 4 is 60.8 Å². The lowest BCUT2D eigenvalue weighted by Crippen LogP contribution is -2.09. The van der Waals surface area contributed by atoms with E-state index in [2.05, 4.69) is 191 Å². The highest BCUT2D eigenvalue weighted by Crippen LogP contribution is 2.40. The average Bonchev–Trinajstić information content (AvgIpc) is 3.74. The third kappa shape index (κ3) is 4.98. The number of furan rings is 1. The molecule has 2 heterocycles. The van der Waals surface area contributed by atoms with Gasteiger partial charge in [0.05, 0.1) is 11.0 Å². The van der Waals surface area contributed by atoms with Gasteiger partial charge in [0.2, 0.25) is 0 Å². The predicted octanol–water partition coefficient (Wildman–Crippen LogP) is 13.5. The number of anilines is 3. The standard InChI is InChI=1S/C48H32N2O/c1-3-16-37(17-4-1)49(40-26-28-44-43-22-8-10-24-47(43)51-48(44)32-40)39-20-12-15-35(30-39)33-13-11-14-34(29-33)36-25-27-42-41-21-7-9-23-45(41)50(46(42)31-36)38-18-5-2-6-19-38/h1-32H. The lowest BCUT2D eigenvalue weighted by atomic mass is 9.97. The molecule has 0 fully saturated rings. The third-order valence-electron chi connectivity index (χ3n) is 9.96. The van der Waals surface area contributed by atoms with Gasteiger partial charge in [-0.25, -0.2) is 0 Å². The zero-order chi connectivity index (χ0) is 33.7. The van der Waals surface area contributed by atoms with Gasteiger partial charge >= 0.3 is 0 Å². The highest BCUT2D eigenvalue weighted by Gasteiger charge is 2.17. The minimum Gasteiger partial charge on any atom is -0.456 e. The summed E-state index contributed by atoms with van der Waals surface area (Å²) in [6.07, 6.45) is 0. The second kappa shape index (κ2) is 11.9. The Morgan fingerprint density at radius 3 is 1.73 bits per heavy atom. The Hall–Kier alpha value is -6.84. The van der Waals surface area contributed by atoms with Crippen LogP contribution >= 0.6 is 0 Å². The van der Waals surface area contributed by atoms with Crippen molar-refractivity contribution < 1.29 is 4.42 Å². The monoisotopic (exact) mass is 652 g/mol. The van der Waals surface area contributed by atoms with Crippen molar-refractivity contribution in [3.05, 3.63) is 194 Å². The van der Waals surface area contributed by atoms with Crippen molar-refractivity contribution in [2.45, 2.75) is 0 Å². The quantitative estimate of drug-likeness (QED) is 0.178. The largest absolute Gasteiger partial charge is 0.456 e. The van der Waals surface area contributed by atoms with E-state index < -0.39 is 0 Å². The van der Waals surface area contributed by atoms with Gasteiger partial charge in [-0.15, -0.1) is 0 Å². The van der Waals surface area contributed by atoms with Gasteiger partial charge in [-0.3, -0.25) is 0 Å². The van der Waals surface area contributed by atoms with Crippen LogP contribution in [0.2, 0.25) is 0 Å². The minimum atomic E-state index is 0.877. The van der Waals surface area contributed by atoms with Crippen LogP contribution in [0.25, 0.3) is 71.7 Å². The molecule has 0 atom stereocenters. The number of aromatic nitrogens is 1. The molecule has 8 aromatic carbocycles. The minimum absolute atomic E-state index is 0.877. The second-order valence-corrected chi connectivity index (χ2v) is 13.0. The molecule has 0 amide bonds. The van der Waals surface area contributed by atoms with Gasteiger partial charge in [0, 0.05) is 50.4 Å². The molecule has 0 radical (unpaired) electrons. The number of fused-ring (bicyclic) bond motifs is 6. The van der Waals surface area contributed by atoms with Crippen LogP contribution in [-0.4, -0.2) is 4.57 Å². The Morgan fingerprint density at radius 1 is 0.333 bits per heavy atom. The van der Waals surface area contributed by atoms with Crippen LogP contribution in [0.5, 0.6) is 0 Å². The molecule has 0 saturated heterocycles. The summed E-state index contributed by atoms with van der Waals surface area (Å²) < 4.78 is 8.69. The van der Waals surface area contributed by atoms with E-state index in [1.165, 1.54) is 38.5 Å². The van der Waals surface area contributed by atoms with E-state index in [-0.39, 0.29) is 0 Å². The normalized spacial score (nSPS) is 11.5. The second-order valence-electron chi connectivity index (χ2n) is 13.0. The molecule has 0 unspecified atom stereocenters. The first-order valence-electron chi connectivity index (χ1n) is 17.3. The fourth-order valence-corrected chi connectivity index (χ4v) is 7.59. The van der Waals surface area contributed by atoms with Crippen LogP contribution in [0.1, 0.15) is 0 Å². The molecule has 51 heavy (non-hydrogen) atoms. The predicted molar refractivity (Wildman–Crippen MR) is 214 cm³/mol. The van der Waals surface area contributed by atoms with Crippen LogP contribution in [0.3, 0.4) is 0 Å². The highest BCUT2D eigenvalue weighted by molar-refractivity contribution is 6.10. The molecule has 0 saturated carbocycles. The third-order valence-corrected chi connectivity index (χ3v) is 9.96. The molecular weight excluding hydrogens is 621 g/mol. The van der Waals surface area contributed by atoms with Crippen LogP contribution in [0.15, 0.2) is 199 Å². The average molecular weight is 653 g/mol. The highest BCUT2D eigenvalue weighted by atomic mass is 16.3. The van der Waals surface area contributed by atoms with E-state index in [1.807, 2.05) is 12.1 Å². The Balaban J connectivity index is 1.07. The summed E-state index contributed by atoms with van der Waals surface area (Å²) in [5.74, 6) is 0. The number of hydrogen-bond acceptors (Lipinski definition) is 2. The molecule has 0 aliphatic rings. The lowest BCUT2D eigenvalue weighted by molar-refractivity contribution is 0.669. The van der Waals surface area contributed by atoms with E-state index in [9.17, 15) is 0 Å². The molecule has 2 aromatic heterocycles. The zero-order valence-electron chi connectivity index (χ0n) is 27.8. The summed E-state index contributed by atoms with van der Waals surface area (Å²) in [5.41, 5.74) is 13.2. The number of para-hydroxylation sites is 4. The summed E-state index contributed by atoms with van der Waals surface area (Å²) >= 11 is 0. The van der Waals surface area contributed by atoms with E-state index in [4.69, 9.17) is 4.42 Å². The maximum Gasteiger partial charge on any atom is 0.137 e. The van der Waals surface area contributed by atoms with Gasteiger partial charge in [-0.2, -0.15) is 0 Å².